The van der Waals surface area contributed by atoms with Crippen LogP contribution in [0.2, 0.25) is 0 Å². The van der Waals surface area contributed by atoms with E-state index in [0.29, 0.717) is 11.7 Å². The van der Waals surface area contributed by atoms with E-state index >= 15 is 0 Å². The fourth-order valence-electron chi connectivity index (χ4n) is 3.24. The molecule has 0 unspecified atom stereocenters. The molecule has 16 heavy (non-hydrogen) atoms. The first-order chi connectivity index (χ1) is 7.67. The van der Waals surface area contributed by atoms with E-state index < -0.39 is 0 Å². The topological polar surface area (TPSA) is 20.2 Å². The van der Waals surface area contributed by atoms with Crippen LogP contribution in [0.4, 0.5) is 0 Å². The third-order valence-electron chi connectivity index (χ3n) is 4.29. The summed E-state index contributed by atoms with van der Waals surface area (Å²) in [7, 11) is 0. The fourth-order valence-corrected chi connectivity index (χ4v) is 3.24. The lowest BCUT2D eigenvalue weighted by molar-refractivity contribution is 0.210. The van der Waals surface area contributed by atoms with Gasteiger partial charge in [0.2, 0.25) is 0 Å². The predicted molar refractivity (Wildman–Crippen MR) is 67.7 cm³/mol. The van der Waals surface area contributed by atoms with Crippen molar-refractivity contribution >= 4 is 0 Å². The molecule has 88 valence electrons. The second-order valence-electron chi connectivity index (χ2n) is 5.39. The van der Waals surface area contributed by atoms with Crippen molar-refractivity contribution in [2.45, 2.75) is 51.4 Å². The van der Waals surface area contributed by atoms with Crippen LogP contribution in [0.15, 0.2) is 24.3 Å². The van der Waals surface area contributed by atoms with Gasteiger partial charge in [-0.25, -0.2) is 0 Å². The van der Waals surface area contributed by atoms with Gasteiger partial charge in [-0.1, -0.05) is 51.3 Å². The van der Waals surface area contributed by atoms with Crippen LogP contribution in [0, 0.1) is 5.92 Å². The Morgan fingerprint density at radius 3 is 2.25 bits per heavy atom. The summed E-state index contributed by atoms with van der Waals surface area (Å²) in [5.41, 5.74) is 1.38. The molecule has 0 bridgehead atoms. The lowest BCUT2D eigenvalue weighted by atomic mass is 9.63. The number of para-hydroxylation sites is 1. The van der Waals surface area contributed by atoms with Crippen molar-refractivity contribution in [2.75, 3.05) is 0 Å². The molecule has 0 heterocycles. The van der Waals surface area contributed by atoms with Crippen LogP contribution in [0.25, 0.3) is 0 Å². The largest absolute Gasteiger partial charge is 0.508 e. The summed E-state index contributed by atoms with van der Waals surface area (Å²) in [5.74, 6) is 1.08. The van der Waals surface area contributed by atoms with E-state index in [1.165, 1.54) is 37.7 Å². The summed E-state index contributed by atoms with van der Waals surface area (Å²) >= 11 is 0. The van der Waals surface area contributed by atoms with Crippen LogP contribution in [0.1, 0.15) is 51.5 Å². The average molecular weight is 218 g/mol. The molecule has 0 aromatic heterocycles. The number of phenolic OH excluding ortho intramolecular Hbond substituents is 1. The molecule has 0 radical (unpaired) electrons. The highest BCUT2D eigenvalue weighted by molar-refractivity contribution is 5.39. The fraction of sp³-hybridized carbons (Fsp3) is 0.600. The third-order valence-corrected chi connectivity index (χ3v) is 4.29. The maximum Gasteiger partial charge on any atom is 0.119 e. The van der Waals surface area contributed by atoms with Gasteiger partial charge in [-0.05, 0) is 24.8 Å². The molecular formula is C15H22O. The molecular weight excluding hydrogens is 196 g/mol. The summed E-state index contributed by atoms with van der Waals surface area (Å²) < 4.78 is 0. The van der Waals surface area contributed by atoms with Crippen molar-refractivity contribution in [1.82, 2.24) is 0 Å². The number of hydrogen-bond acceptors (Lipinski definition) is 1. The maximum atomic E-state index is 10.1. The van der Waals surface area contributed by atoms with Crippen LogP contribution in [-0.2, 0) is 5.41 Å². The average Bonchev–Trinajstić information content (AvgIpc) is 2.30. The van der Waals surface area contributed by atoms with Gasteiger partial charge >= 0.3 is 0 Å². The van der Waals surface area contributed by atoms with Gasteiger partial charge in [0.15, 0.2) is 0 Å². The van der Waals surface area contributed by atoms with Gasteiger partial charge in [-0.15, -0.1) is 0 Å². The van der Waals surface area contributed by atoms with Crippen molar-refractivity contribution < 1.29 is 5.11 Å². The molecule has 1 fully saturated rings. The quantitative estimate of drug-likeness (QED) is 0.786. The Hall–Kier alpha value is -0.980. The van der Waals surface area contributed by atoms with E-state index in [-0.39, 0.29) is 5.41 Å². The molecule has 1 aromatic rings. The molecule has 0 aliphatic heterocycles. The molecule has 1 heteroatoms. The lowest BCUT2D eigenvalue weighted by Gasteiger charge is -2.41. The standard InChI is InChI=1S/C15H22O/c1-12(2)15(10-6-3-7-11-15)13-8-4-5-9-14(13)16/h4-5,8-9,12,16H,3,6-7,10-11H2,1-2H3. The Morgan fingerprint density at radius 1 is 1.06 bits per heavy atom. The van der Waals surface area contributed by atoms with E-state index in [2.05, 4.69) is 19.9 Å². The van der Waals surface area contributed by atoms with E-state index in [1.54, 1.807) is 0 Å². The van der Waals surface area contributed by atoms with E-state index in [9.17, 15) is 5.11 Å². The normalized spacial score (nSPS) is 19.9. The summed E-state index contributed by atoms with van der Waals surface area (Å²) in [6, 6.07) is 7.90. The van der Waals surface area contributed by atoms with Gasteiger partial charge in [0.05, 0.1) is 0 Å². The number of hydrogen-bond donors (Lipinski definition) is 1. The monoisotopic (exact) mass is 218 g/mol. The Labute approximate surface area is 98.5 Å². The van der Waals surface area contributed by atoms with Crippen molar-refractivity contribution in [1.29, 1.82) is 0 Å². The van der Waals surface area contributed by atoms with Crippen LogP contribution < -0.4 is 0 Å². The Morgan fingerprint density at radius 2 is 1.69 bits per heavy atom. The first kappa shape index (κ1) is 11.5. The summed E-state index contributed by atoms with van der Waals surface area (Å²) in [6.07, 6.45) is 6.39. The minimum absolute atomic E-state index is 0.212. The first-order valence-electron chi connectivity index (χ1n) is 6.45. The van der Waals surface area contributed by atoms with E-state index in [1.807, 2.05) is 18.2 Å². The minimum atomic E-state index is 0.212. The number of benzene rings is 1. The number of rotatable bonds is 2. The van der Waals surface area contributed by atoms with Crippen LogP contribution in [0.5, 0.6) is 5.75 Å². The Balaban J connectivity index is 2.43. The highest BCUT2D eigenvalue weighted by Gasteiger charge is 2.38. The molecule has 1 saturated carbocycles. The molecule has 1 aliphatic rings. The Bertz CT molecular complexity index is 348. The SMILES string of the molecule is CC(C)C1(c2ccccc2O)CCCCC1. The van der Waals surface area contributed by atoms with Gasteiger partial charge in [-0.2, -0.15) is 0 Å². The molecule has 1 N–H and O–H groups in total. The highest BCUT2D eigenvalue weighted by atomic mass is 16.3. The molecule has 0 spiro atoms. The first-order valence-corrected chi connectivity index (χ1v) is 6.45. The summed E-state index contributed by atoms with van der Waals surface area (Å²) in [5, 5.41) is 10.1. The van der Waals surface area contributed by atoms with Gasteiger partial charge < -0.3 is 5.11 Å². The van der Waals surface area contributed by atoms with Gasteiger partial charge in [0.25, 0.3) is 0 Å². The molecule has 1 aromatic carbocycles. The molecule has 1 aliphatic carbocycles. The minimum Gasteiger partial charge on any atom is -0.508 e. The van der Waals surface area contributed by atoms with Gasteiger partial charge in [0, 0.05) is 11.0 Å². The molecule has 1 nitrogen and oxygen atoms in total. The molecule has 0 amide bonds. The van der Waals surface area contributed by atoms with E-state index in [4.69, 9.17) is 0 Å². The second-order valence-corrected chi connectivity index (χ2v) is 5.39. The number of aromatic hydroxyl groups is 1. The van der Waals surface area contributed by atoms with Crippen LogP contribution in [-0.4, -0.2) is 5.11 Å². The molecule has 0 saturated heterocycles. The maximum absolute atomic E-state index is 10.1. The Kier molecular flexibility index (Phi) is 3.22. The van der Waals surface area contributed by atoms with Gasteiger partial charge in [0.1, 0.15) is 5.75 Å². The predicted octanol–water partition coefficient (Wildman–Crippen LogP) is 4.25. The van der Waals surface area contributed by atoms with Gasteiger partial charge in [-0.3, -0.25) is 0 Å². The molecule has 2 rings (SSSR count). The van der Waals surface area contributed by atoms with E-state index in [0.717, 1.165) is 0 Å². The van der Waals surface area contributed by atoms with Crippen molar-refractivity contribution in [3.8, 4) is 5.75 Å². The summed E-state index contributed by atoms with van der Waals surface area (Å²) in [4.78, 5) is 0. The van der Waals surface area contributed by atoms with Crippen LogP contribution >= 0.6 is 0 Å². The number of phenols is 1. The third kappa shape index (κ3) is 1.83. The zero-order valence-corrected chi connectivity index (χ0v) is 10.4. The van der Waals surface area contributed by atoms with Crippen LogP contribution in [0.3, 0.4) is 0 Å². The lowest BCUT2D eigenvalue weighted by Crippen LogP contribution is -2.34. The van der Waals surface area contributed by atoms with Crippen molar-refractivity contribution in [3.63, 3.8) is 0 Å². The summed E-state index contributed by atoms with van der Waals surface area (Å²) in [6.45, 7) is 4.58. The smallest absolute Gasteiger partial charge is 0.119 e. The zero-order chi connectivity index (χ0) is 11.6. The van der Waals surface area contributed by atoms with Crippen molar-refractivity contribution in [2.24, 2.45) is 5.92 Å². The highest BCUT2D eigenvalue weighted by Crippen LogP contribution is 2.47. The zero-order valence-electron chi connectivity index (χ0n) is 10.4. The second kappa shape index (κ2) is 4.48. The molecule has 0 atom stereocenters. The van der Waals surface area contributed by atoms with Crippen molar-refractivity contribution in [3.05, 3.63) is 29.8 Å².